The SMILES string of the molecule is COc1cc2c(cc1OC1CCCC1)CC(C(=O)O)CC2. The highest BCUT2D eigenvalue weighted by Gasteiger charge is 2.26. The first-order valence-electron chi connectivity index (χ1n) is 7.76. The summed E-state index contributed by atoms with van der Waals surface area (Å²) < 4.78 is 11.5. The molecule has 1 saturated carbocycles. The standard InChI is InChI=1S/C17H22O4/c1-20-15-9-11-6-7-12(17(18)19)8-13(11)10-16(15)21-14-4-2-3-5-14/h9-10,12,14H,2-8H2,1H3,(H,18,19). The predicted molar refractivity (Wildman–Crippen MR) is 79.0 cm³/mol. The van der Waals surface area contributed by atoms with Gasteiger partial charge in [-0.1, -0.05) is 0 Å². The van der Waals surface area contributed by atoms with Crippen molar-refractivity contribution in [2.24, 2.45) is 5.92 Å². The van der Waals surface area contributed by atoms with Crippen LogP contribution in [0.3, 0.4) is 0 Å². The highest BCUT2D eigenvalue weighted by molar-refractivity contribution is 5.71. The van der Waals surface area contributed by atoms with Gasteiger partial charge in [0.25, 0.3) is 0 Å². The molecule has 114 valence electrons. The molecule has 1 atom stereocenters. The van der Waals surface area contributed by atoms with Crippen LogP contribution >= 0.6 is 0 Å². The van der Waals surface area contributed by atoms with Crippen LogP contribution in [0.5, 0.6) is 11.5 Å². The molecule has 1 aromatic rings. The lowest BCUT2D eigenvalue weighted by Gasteiger charge is -2.24. The molecule has 4 heteroatoms. The van der Waals surface area contributed by atoms with E-state index in [1.165, 1.54) is 18.4 Å². The molecule has 1 fully saturated rings. The summed E-state index contributed by atoms with van der Waals surface area (Å²) in [6, 6.07) is 4.03. The zero-order chi connectivity index (χ0) is 14.8. The number of benzene rings is 1. The molecule has 0 spiro atoms. The molecule has 4 nitrogen and oxygen atoms in total. The first-order chi connectivity index (χ1) is 10.2. The second kappa shape index (κ2) is 5.96. The summed E-state index contributed by atoms with van der Waals surface area (Å²) in [5.41, 5.74) is 2.30. The van der Waals surface area contributed by atoms with E-state index < -0.39 is 5.97 Å². The van der Waals surface area contributed by atoms with E-state index in [4.69, 9.17) is 9.47 Å². The average molecular weight is 290 g/mol. The van der Waals surface area contributed by atoms with E-state index in [1.807, 2.05) is 12.1 Å². The quantitative estimate of drug-likeness (QED) is 0.925. The number of methoxy groups -OCH3 is 1. The third-order valence-electron chi connectivity index (χ3n) is 4.66. The molecule has 1 N–H and O–H groups in total. The molecule has 0 aliphatic heterocycles. The molecule has 0 heterocycles. The van der Waals surface area contributed by atoms with Crippen LogP contribution in [0.25, 0.3) is 0 Å². The molecular formula is C17H22O4. The number of carboxylic acid groups (broad SMARTS) is 1. The Morgan fingerprint density at radius 1 is 1.14 bits per heavy atom. The Hall–Kier alpha value is -1.71. The van der Waals surface area contributed by atoms with Gasteiger partial charge in [0.15, 0.2) is 11.5 Å². The molecule has 0 amide bonds. The Bertz CT molecular complexity index is 532. The Kier molecular flexibility index (Phi) is 4.04. The van der Waals surface area contributed by atoms with Gasteiger partial charge in [-0.05, 0) is 68.2 Å². The van der Waals surface area contributed by atoms with Crippen LogP contribution in [0.4, 0.5) is 0 Å². The highest BCUT2D eigenvalue weighted by atomic mass is 16.5. The number of carbonyl (C=O) groups is 1. The summed E-state index contributed by atoms with van der Waals surface area (Å²) in [6.07, 6.45) is 7.00. The molecule has 1 unspecified atom stereocenters. The molecule has 2 aliphatic carbocycles. The van der Waals surface area contributed by atoms with E-state index in [2.05, 4.69) is 0 Å². The largest absolute Gasteiger partial charge is 0.493 e. The summed E-state index contributed by atoms with van der Waals surface area (Å²) in [6.45, 7) is 0. The molecule has 0 aromatic heterocycles. The lowest BCUT2D eigenvalue weighted by Crippen LogP contribution is -2.22. The maximum atomic E-state index is 11.2. The van der Waals surface area contributed by atoms with Gasteiger partial charge < -0.3 is 14.6 Å². The van der Waals surface area contributed by atoms with Gasteiger partial charge in [-0.3, -0.25) is 4.79 Å². The van der Waals surface area contributed by atoms with Crippen molar-refractivity contribution in [1.82, 2.24) is 0 Å². The molecule has 3 rings (SSSR count). The van der Waals surface area contributed by atoms with Gasteiger partial charge in [0.05, 0.1) is 19.1 Å². The van der Waals surface area contributed by atoms with Crippen LogP contribution in [0.2, 0.25) is 0 Å². The lowest BCUT2D eigenvalue weighted by molar-refractivity contribution is -0.142. The summed E-state index contributed by atoms with van der Waals surface area (Å²) in [4.78, 5) is 11.2. The van der Waals surface area contributed by atoms with Gasteiger partial charge in [-0.25, -0.2) is 0 Å². The Labute approximate surface area is 125 Å². The maximum absolute atomic E-state index is 11.2. The molecule has 0 bridgehead atoms. The summed E-state index contributed by atoms with van der Waals surface area (Å²) >= 11 is 0. The minimum atomic E-state index is -0.699. The van der Waals surface area contributed by atoms with E-state index in [9.17, 15) is 9.90 Å². The number of aryl methyl sites for hydroxylation is 1. The van der Waals surface area contributed by atoms with E-state index >= 15 is 0 Å². The van der Waals surface area contributed by atoms with Crippen molar-refractivity contribution < 1.29 is 19.4 Å². The third kappa shape index (κ3) is 2.99. The zero-order valence-electron chi connectivity index (χ0n) is 12.4. The van der Waals surface area contributed by atoms with Crippen molar-refractivity contribution in [3.8, 4) is 11.5 Å². The van der Waals surface area contributed by atoms with Crippen LogP contribution in [-0.4, -0.2) is 24.3 Å². The first kappa shape index (κ1) is 14.2. The smallest absolute Gasteiger partial charge is 0.306 e. The second-order valence-corrected chi connectivity index (χ2v) is 6.07. The van der Waals surface area contributed by atoms with Crippen LogP contribution in [-0.2, 0) is 17.6 Å². The van der Waals surface area contributed by atoms with Crippen LogP contribution in [0.1, 0.15) is 43.2 Å². The third-order valence-corrected chi connectivity index (χ3v) is 4.66. The normalized spacial score (nSPS) is 21.9. The van der Waals surface area contributed by atoms with Crippen molar-refractivity contribution >= 4 is 5.97 Å². The molecule has 0 saturated heterocycles. The number of hydrogen-bond acceptors (Lipinski definition) is 3. The molecular weight excluding hydrogens is 268 g/mol. The molecule has 1 aromatic carbocycles. The van der Waals surface area contributed by atoms with Gasteiger partial charge >= 0.3 is 5.97 Å². The second-order valence-electron chi connectivity index (χ2n) is 6.07. The predicted octanol–water partition coefficient (Wildman–Crippen LogP) is 3.21. The van der Waals surface area contributed by atoms with Crippen LogP contribution in [0.15, 0.2) is 12.1 Å². The van der Waals surface area contributed by atoms with Gasteiger partial charge in [0, 0.05) is 0 Å². The minimum Gasteiger partial charge on any atom is -0.493 e. The van der Waals surface area contributed by atoms with Crippen molar-refractivity contribution in [1.29, 1.82) is 0 Å². The molecule has 2 aliphatic rings. The lowest BCUT2D eigenvalue weighted by atomic mass is 9.83. The van der Waals surface area contributed by atoms with Crippen LogP contribution in [0, 0.1) is 5.92 Å². The fourth-order valence-corrected chi connectivity index (χ4v) is 3.41. The number of fused-ring (bicyclic) bond motifs is 1. The topological polar surface area (TPSA) is 55.8 Å². The van der Waals surface area contributed by atoms with E-state index in [0.717, 1.165) is 36.3 Å². The summed E-state index contributed by atoms with van der Waals surface area (Å²) in [5, 5.41) is 9.21. The Morgan fingerprint density at radius 2 is 1.86 bits per heavy atom. The zero-order valence-corrected chi connectivity index (χ0v) is 12.4. The molecule has 21 heavy (non-hydrogen) atoms. The first-order valence-corrected chi connectivity index (χ1v) is 7.76. The van der Waals surface area contributed by atoms with Crippen molar-refractivity contribution in [3.05, 3.63) is 23.3 Å². The van der Waals surface area contributed by atoms with Crippen molar-refractivity contribution in [3.63, 3.8) is 0 Å². The van der Waals surface area contributed by atoms with E-state index in [-0.39, 0.29) is 12.0 Å². The van der Waals surface area contributed by atoms with Crippen LogP contribution < -0.4 is 9.47 Å². The number of ether oxygens (including phenoxy) is 2. The van der Waals surface area contributed by atoms with E-state index in [1.54, 1.807) is 7.11 Å². The number of carboxylic acids is 1. The van der Waals surface area contributed by atoms with Crippen molar-refractivity contribution in [2.75, 3.05) is 7.11 Å². The fourth-order valence-electron chi connectivity index (χ4n) is 3.41. The fraction of sp³-hybridized carbons (Fsp3) is 0.588. The van der Waals surface area contributed by atoms with Gasteiger partial charge in [0.2, 0.25) is 0 Å². The Morgan fingerprint density at radius 3 is 2.52 bits per heavy atom. The monoisotopic (exact) mass is 290 g/mol. The maximum Gasteiger partial charge on any atom is 0.306 e. The summed E-state index contributed by atoms with van der Waals surface area (Å²) in [5.74, 6) is 0.573. The number of aliphatic carboxylic acids is 1. The van der Waals surface area contributed by atoms with E-state index in [0.29, 0.717) is 12.8 Å². The minimum absolute atomic E-state index is 0.273. The number of hydrogen-bond donors (Lipinski definition) is 1. The Balaban J connectivity index is 1.85. The highest BCUT2D eigenvalue weighted by Crippen LogP contribution is 2.37. The van der Waals surface area contributed by atoms with Crippen molar-refractivity contribution in [2.45, 2.75) is 51.0 Å². The molecule has 0 radical (unpaired) electrons. The van der Waals surface area contributed by atoms with Gasteiger partial charge in [0.1, 0.15) is 0 Å². The average Bonchev–Trinajstić information content (AvgIpc) is 2.98. The number of rotatable bonds is 4. The van der Waals surface area contributed by atoms with Gasteiger partial charge in [-0.2, -0.15) is 0 Å². The summed E-state index contributed by atoms with van der Waals surface area (Å²) in [7, 11) is 1.66. The van der Waals surface area contributed by atoms with Gasteiger partial charge in [-0.15, -0.1) is 0 Å².